The van der Waals surface area contributed by atoms with Crippen LogP contribution in [0.2, 0.25) is 0 Å². The lowest BCUT2D eigenvalue weighted by Crippen LogP contribution is -2.02. The first-order valence-corrected chi connectivity index (χ1v) is 8.31. The normalized spacial score (nSPS) is 15.7. The van der Waals surface area contributed by atoms with E-state index in [1.807, 2.05) is 0 Å². The lowest BCUT2D eigenvalue weighted by atomic mass is 10.2. The minimum atomic E-state index is -0.677. The Morgan fingerprint density at radius 1 is 1.48 bits per heavy atom. The molecule has 0 unspecified atom stereocenters. The van der Waals surface area contributed by atoms with Crippen LogP contribution in [0.5, 0.6) is 5.88 Å². The third-order valence-corrected chi connectivity index (χ3v) is 4.19. The average molecular weight is 389 g/mol. The number of esters is 1. The number of fused-ring (bicyclic) bond motifs is 1. The van der Waals surface area contributed by atoms with Crippen molar-refractivity contribution in [1.29, 1.82) is 0 Å². The van der Waals surface area contributed by atoms with E-state index in [-0.39, 0.29) is 39.3 Å². The van der Waals surface area contributed by atoms with Crippen molar-refractivity contribution in [2.24, 2.45) is 15.2 Å². The standard InChI is InChI=1S/C15H11N5O6S/c1-2-26-11(21)6-10-13(22)17-15(27-10)19-18-12-8-5-7(20(24)25)3-4-9(8)16-14(12)23/h3-6,16,23H,2H2,1H3/b10-6+,19-18?. The topological polar surface area (TPSA) is 160 Å². The Balaban J connectivity index is 1.86. The molecule has 2 heterocycles. The summed E-state index contributed by atoms with van der Waals surface area (Å²) in [4.78, 5) is 39.8. The van der Waals surface area contributed by atoms with E-state index in [2.05, 4.69) is 20.2 Å². The highest BCUT2D eigenvalue weighted by Crippen LogP contribution is 2.38. The molecule has 0 saturated carbocycles. The fraction of sp³-hybridized carbons (Fsp3) is 0.133. The van der Waals surface area contributed by atoms with E-state index < -0.39 is 16.8 Å². The molecule has 2 aromatic rings. The van der Waals surface area contributed by atoms with Gasteiger partial charge in [0, 0.05) is 23.6 Å². The van der Waals surface area contributed by atoms with Gasteiger partial charge in [0.15, 0.2) is 5.69 Å². The van der Waals surface area contributed by atoms with Gasteiger partial charge in [-0.3, -0.25) is 14.9 Å². The summed E-state index contributed by atoms with van der Waals surface area (Å²) in [7, 11) is 0. The first kappa shape index (κ1) is 18.3. The van der Waals surface area contributed by atoms with Gasteiger partial charge in [-0.05, 0) is 24.8 Å². The molecule has 27 heavy (non-hydrogen) atoms. The van der Waals surface area contributed by atoms with Crippen LogP contribution < -0.4 is 0 Å². The maximum Gasteiger partial charge on any atom is 0.332 e. The molecule has 1 aliphatic rings. The van der Waals surface area contributed by atoms with Gasteiger partial charge in [0.05, 0.1) is 22.0 Å². The number of aromatic nitrogens is 1. The lowest BCUT2D eigenvalue weighted by molar-refractivity contribution is -0.384. The summed E-state index contributed by atoms with van der Waals surface area (Å²) in [6.07, 6.45) is 1.01. The van der Waals surface area contributed by atoms with Crippen LogP contribution in [-0.2, 0) is 14.3 Å². The van der Waals surface area contributed by atoms with E-state index in [0.717, 1.165) is 17.8 Å². The van der Waals surface area contributed by atoms with E-state index in [9.17, 15) is 24.8 Å². The summed E-state index contributed by atoms with van der Waals surface area (Å²) in [5.41, 5.74) is 0.208. The van der Waals surface area contributed by atoms with Crippen molar-refractivity contribution in [2.45, 2.75) is 6.92 Å². The summed E-state index contributed by atoms with van der Waals surface area (Å²) in [5.74, 6) is -1.68. The fourth-order valence-electron chi connectivity index (χ4n) is 2.19. The number of amides is 1. The van der Waals surface area contributed by atoms with E-state index in [1.165, 1.54) is 18.2 Å². The van der Waals surface area contributed by atoms with Crippen LogP contribution in [0.4, 0.5) is 11.4 Å². The molecular formula is C15H11N5O6S. The first-order valence-electron chi connectivity index (χ1n) is 7.49. The van der Waals surface area contributed by atoms with Gasteiger partial charge >= 0.3 is 5.97 Å². The summed E-state index contributed by atoms with van der Waals surface area (Å²) in [6, 6.07) is 3.94. The van der Waals surface area contributed by atoms with Crippen LogP contribution in [0.1, 0.15) is 6.92 Å². The van der Waals surface area contributed by atoms with Crippen LogP contribution in [0, 0.1) is 10.1 Å². The van der Waals surface area contributed by atoms with Crippen molar-refractivity contribution in [1.82, 2.24) is 4.98 Å². The van der Waals surface area contributed by atoms with E-state index >= 15 is 0 Å². The molecule has 1 aromatic carbocycles. The number of thioether (sulfide) groups is 1. The molecule has 12 heteroatoms. The fourth-order valence-corrected chi connectivity index (χ4v) is 2.89. The Morgan fingerprint density at radius 2 is 2.26 bits per heavy atom. The second-order valence-electron chi connectivity index (χ2n) is 5.07. The Morgan fingerprint density at radius 3 is 2.96 bits per heavy atom. The van der Waals surface area contributed by atoms with Crippen LogP contribution in [0.3, 0.4) is 0 Å². The van der Waals surface area contributed by atoms with Crippen molar-refractivity contribution in [3.63, 3.8) is 0 Å². The maximum absolute atomic E-state index is 11.8. The molecular weight excluding hydrogens is 378 g/mol. The number of nitrogens with one attached hydrogen (secondary N) is 1. The number of aromatic hydroxyl groups is 1. The van der Waals surface area contributed by atoms with Crippen molar-refractivity contribution < 1.29 is 24.4 Å². The molecule has 138 valence electrons. The summed E-state index contributed by atoms with van der Waals surface area (Å²) in [5, 5.41) is 28.7. The van der Waals surface area contributed by atoms with Gasteiger partial charge in [-0.1, -0.05) is 0 Å². The quantitative estimate of drug-likeness (QED) is 0.267. The molecule has 0 aliphatic carbocycles. The highest BCUT2D eigenvalue weighted by molar-refractivity contribution is 8.18. The smallest absolute Gasteiger partial charge is 0.332 e. The molecule has 1 amide bonds. The number of nitro benzene ring substituents is 1. The molecule has 0 spiro atoms. The molecule has 11 nitrogen and oxygen atoms in total. The molecule has 0 saturated heterocycles. The van der Waals surface area contributed by atoms with Gasteiger partial charge in [0.25, 0.3) is 11.6 Å². The van der Waals surface area contributed by atoms with Crippen LogP contribution in [-0.4, -0.2) is 38.7 Å². The minimum Gasteiger partial charge on any atom is -0.493 e. The predicted octanol–water partition coefficient (Wildman–Crippen LogP) is 2.94. The zero-order valence-corrected chi connectivity index (χ0v) is 14.5. The summed E-state index contributed by atoms with van der Waals surface area (Å²) in [6.45, 7) is 1.80. The second-order valence-corrected chi connectivity index (χ2v) is 6.08. The zero-order valence-electron chi connectivity index (χ0n) is 13.7. The number of hydrogen-bond donors (Lipinski definition) is 2. The largest absolute Gasteiger partial charge is 0.493 e. The summed E-state index contributed by atoms with van der Waals surface area (Å²) >= 11 is 0.814. The summed E-state index contributed by atoms with van der Waals surface area (Å²) < 4.78 is 4.72. The number of hydrogen-bond acceptors (Lipinski definition) is 9. The van der Waals surface area contributed by atoms with Gasteiger partial charge in [-0.25, -0.2) is 4.79 Å². The highest BCUT2D eigenvalue weighted by atomic mass is 32.2. The highest BCUT2D eigenvalue weighted by Gasteiger charge is 2.24. The first-order chi connectivity index (χ1) is 12.9. The molecule has 2 N–H and O–H groups in total. The number of nitrogens with zero attached hydrogens (tertiary/aromatic N) is 4. The molecule has 0 fully saturated rings. The number of carbonyl (C=O) groups is 2. The number of H-pyrrole nitrogens is 1. The van der Waals surface area contributed by atoms with Gasteiger partial charge in [-0.2, -0.15) is 4.99 Å². The van der Waals surface area contributed by atoms with Gasteiger partial charge in [0.1, 0.15) is 0 Å². The Kier molecular flexibility index (Phi) is 4.98. The SMILES string of the molecule is CCOC(=O)/C=C1/SC(N=Nc2c(O)[nH]c3ccc([N+](=O)[O-])cc23)=NC1=O. The number of aliphatic imine (C=N–C) groups is 1. The second kappa shape index (κ2) is 7.37. The number of azo groups is 1. The molecule has 0 bridgehead atoms. The van der Waals surface area contributed by atoms with Crippen molar-refractivity contribution in [2.75, 3.05) is 6.61 Å². The van der Waals surface area contributed by atoms with Crippen molar-refractivity contribution in [3.8, 4) is 5.88 Å². The lowest BCUT2D eigenvalue weighted by Gasteiger charge is -1.96. The van der Waals surface area contributed by atoms with Gasteiger partial charge < -0.3 is 14.8 Å². The average Bonchev–Trinajstić information content (AvgIpc) is 3.11. The number of benzene rings is 1. The van der Waals surface area contributed by atoms with E-state index in [4.69, 9.17) is 4.74 Å². The molecule has 3 rings (SSSR count). The van der Waals surface area contributed by atoms with Crippen LogP contribution in [0.25, 0.3) is 10.9 Å². The number of carbonyl (C=O) groups excluding carboxylic acids is 2. The van der Waals surface area contributed by atoms with Crippen molar-refractivity contribution in [3.05, 3.63) is 39.3 Å². The van der Waals surface area contributed by atoms with E-state index in [0.29, 0.717) is 5.52 Å². The van der Waals surface area contributed by atoms with Gasteiger partial charge in [-0.15, -0.1) is 10.2 Å². The number of aromatic amines is 1. The zero-order chi connectivity index (χ0) is 19.6. The van der Waals surface area contributed by atoms with Crippen molar-refractivity contribution >= 4 is 51.1 Å². The minimum absolute atomic E-state index is 0.0289. The predicted molar refractivity (Wildman–Crippen MR) is 95.9 cm³/mol. The third-order valence-electron chi connectivity index (χ3n) is 3.33. The van der Waals surface area contributed by atoms with Gasteiger partial charge in [0.2, 0.25) is 11.0 Å². The number of non-ortho nitro benzene ring substituents is 1. The Hall–Kier alpha value is -3.54. The number of rotatable bonds is 4. The Bertz CT molecular complexity index is 1050. The molecule has 0 atom stereocenters. The molecule has 1 aliphatic heterocycles. The number of nitro groups is 1. The third kappa shape index (κ3) is 3.84. The maximum atomic E-state index is 11.8. The molecule has 1 aromatic heterocycles. The van der Waals surface area contributed by atoms with Crippen LogP contribution in [0.15, 0.2) is 44.4 Å². The monoisotopic (exact) mass is 389 g/mol. The Labute approximate surface area is 155 Å². The van der Waals surface area contributed by atoms with E-state index in [1.54, 1.807) is 6.92 Å². The number of ether oxygens (including phenoxy) is 1. The number of amidine groups is 1. The van der Waals surface area contributed by atoms with Crippen LogP contribution >= 0.6 is 11.8 Å². The molecule has 0 radical (unpaired) electrons.